The van der Waals surface area contributed by atoms with E-state index in [0.29, 0.717) is 6.10 Å². The predicted molar refractivity (Wildman–Crippen MR) is 35.0 cm³/mol. The Morgan fingerprint density at radius 3 is 3.50 bits per heavy atom. The van der Waals surface area contributed by atoms with Gasteiger partial charge >= 0.3 is 0 Å². The number of nitrogens with one attached hydrogen (secondary N) is 1. The van der Waals surface area contributed by atoms with Gasteiger partial charge in [0.25, 0.3) is 0 Å². The molecule has 0 aromatic rings. The lowest BCUT2D eigenvalue weighted by Gasteiger charge is -2.05. The van der Waals surface area contributed by atoms with E-state index in [1.54, 1.807) is 0 Å². The molecule has 1 fully saturated rings. The molecule has 1 aliphatic heterocycles. The summed E-state index contributed by atoms with van der Waals surface area (Å²) in [7, 11) is 0. The third kappa shape index (κ3) is 1.80. The summed E-state index contributed by atoms with van der Waals surface area (Å²) in [5.74, 6) is 0. The molecule has 0 radical (unpaired) electrons. The zero-order valence-electron chi connectivity index (χ0n) is 5.31. The maximum atomic E-state index is 5.34. The molecule has 1 rings (SSSR count). The summed E-state index contributed by atoms with van der Waals surface area (Å²) in [5, 5.41) is 3.27. The second kappa shape index (κ2) is 3.05. The molecule has 1 unspecified atom stereocenters. The molecule has 0 aromatic carbocycles. The molecule has 0 amide bonds. The first-order valence-electron chi connectivity index (χ1n) is 3.22. The molecule has 1 atom stereocenters. The van der Waals surface area contributed by atoms with Crippen molar-refractivity contribution in [2.24, 2.45) is 0 Å². The topological polar surface area (TPSA) is 21.3 Å². The summed E-state index contributed by atoms with van der Waals surface area (Å²) >= 11 is 0. The van der Waals surface area contributed by atoms with Crippen molar-refractivity contribution in [3.63, 3.8) is 0 Å². The first kappa shape index (κ1) is 6.05. The van der Waals surface area contributed by atoms with E-state index in [4.69, 9.17) is 4.74 Å². The van der Waals surface area contributed by atoms with Crippen molar-refractivity contribution in [1.29, 1.82) is 0 Å². The molecule has 2 heteroatoms. The van der Waals surface area contributed by atoms with Crippen LogP contribution in [0.3, 0.4) is 0 Å². The molecule has 0 spiro atoms. The van der Waals surface area contributed by atoms with Crippen LogP contribution in [0.1, 0.15) is 14.8 Å². The van der Waals surface area contributed by atoms with Gasteiger partial charge in [0.05, 0.1) is 6.10 Å². The third-order valence-electron chi connectivity index (χ3n) is 1.33. The van der Waals surface area contributed by atoms with E-state index in [1.807, 2.05) is 0 Å². The van der Waals surface area contributed by atoms with Crippen LogP contribution in [0.15, 0.2) is 0 Å². The second-order valence-electron chi connectivity index (χ2n) is 2.24. The molecule has 50 valence electrons. The van der Waals surface area contributed by atoms with Gasteiger partial charge in [-0.1, -0.05) is 0 Å². The molecule has 0 saturated carbocycles. The normalized spacial score (nSPS) is 31.9. The van der Waals surface area contributed by atoms with E-state index in [9.17, 15) is 0 Å². The summed E-state index contributed by atoms with van der Waals surface area (Å²) < 4.78 is 5.34. The number of hydrogen-bond donors (Lipinski definition) is 1. The predicted octanol–water partition coefficient (Wildman–Crippen LogP) is 0.631. The Hall–Kier alpha value is -0.0800. The fraction of sp³-hybridized carbons (Fsp3) is 1.00. The van der Waals surface area contributed by atoms with Crippen LogP contribution in [0.2, 0.25) is 0 Å². The molecule has 0 aromatic heterocycles. The van der Waals surface area contributed by atoms with Gasteiger partial charge in [-0.3, -0.25) is 0 Å². The van der Waals surface area contributed by atoms with Crippen molar-refractivity contribution in [2.75, 3.05) is 19.7 Å². The molecule has 1 heterocycles. The zero-order valence-corrected chi connectivity index (χ0v) is 5.31. The van der Waals surface area contributed by atoms with Crippen LogP contribution in [-0.4, -0.2) is 25.8 Å². The van der Waals surface area contributed by atoms with Gasteiger partial charge in [0.15, 0.2) is 0 Å². The Morgan fingerprint density at radius 2 is 2.62 bits per heavy atom. The van der Waals surface area contributed by atoms with E-state index >= 15 is 0 Å². The minimum atomic E-state index is 0. The van der Waals surface area contributed by atoms with Crippen molar-refractivity contribution in [3.05, 3.63) is 0 Å². The van der Waals surface area contributed by atoms with Gasteiger partial charge in [-0.2, -0.15) is 0 Å². The zero-order chi connectivity index (χ0) is 5.82. The first-order chi connectivity index (χ1) is 3.89. The van der Waals surface area contributed by atoms with Gasteiger partial charge in [-0.15, -0.1) is 0 Å². The van der Waals surface area contributed by atoms with E-state index in [0.717, 1.165) is 26.1 Å². The maximum Gasteiger partial charge on any atom is 0.0671 e. The maximum absolute atomic E-state index is 5.34. The van der Waals surface area contributed by atoms with Crippen LogP contribution < -0.4 is 5.32 Å². The number of hydrogen-bond acceptors (Lipinski definition) is 2. The smallest absolute Gasteiger partial charge is 0.0671 e. The third-order valence-corrected chi connectivity index (χ3v) is 1.33. The number of rotatable bonds is 0. The molecule has 2 nitrogen and oxygen atoms in total. The monoisotopic (exact) mass is 117 g/mol. The van der Waals surface area contributed by atoms with Gasteiger partial charge in [0.1, 0.15) is 0 Å². The molecule has 0 bridgehead atoms. The van der Waals surface area contributed by atoms with Gasteiger partial charge in [0.2, 0.25) is 0 Å². The minimum absolute atomic E-state index is 0. The van der Waals surface area contributed by atoms with E-state index in [1.165, 1.54) is 0 Å². The lowest BCUT2D eigenvalue weighted by Crippen LogP contribution is -2.22. The lowest BCUT2D eigenvalue weighted by molar-refractivity contribution is 0.0804. The van der Waals surface area contributed by atoms with Crippen LogP contribution in [0, 0.1) is 0 Å². The van der Waals surface area contributed by atoms with Crippen molar-refractivity contribution < 1.29 is 6.16 Å². The molecule has 1 aliphatic rings. The van der Waals surface area contributed by atoms with E-state index in [-0.39, 0.29) is 1.43 Å². The van der Waals surface area contributed by atoms with Crippen molar-refractivity contribution >= 4 is 0 Å². The fourth-order valence-corrected chi connectivity index (χ4v) is 0.846. The fourth-order valence-electron chi connectivity index (χ4n) is 0.846. The van der Waals surface area contributed by atoms with Crippen LogP contribution in [-0.2, 0) is 4.74 Å². The standard InChI is InChI=1S/C6H13NO.H2/c1-6-5-7-3-2-4-8-6;/h6-7H,2-5H2,1H3;1H. The quantitative estimate of drug-likeness (QED) is 0.502. The Labute approximate surface area is 51.7 Å². The van der Waals surface area contributed by atoms with Gasteiger partial charge in [-0.05, 0) is 19.9 Å². The lowest BCUT2D eigenvalue weighted by atomic mass is 10.4. The molecule has 0 aliphatic carbocycles. The van der Waals surface area contributed by atoms with Crippen molar-refractivity contribution in [3.8, 4) is 0 Å². The van der Waals surface area contributed by atoms with Crippen molar-refractivity contribution in [1.82, 2.24) is 5.32 Å². The van der Waals surface area contributed by atoms with Crippen molar-refractivity contribution in [2.45, 2.75) is 19.4 Å². The number of ether oxygens (including phenoxy) is 1. The van der Waals surface area contributed by atoms with Crippen LogP contribution in [0.4, 0.5) is 0 Å². The molecule has 8 heavy (non-hydrogen) atoms. The highest BCUT2D eigenvalue weighted by atomic mass is 16.5. The molecule has 1 N–H and O–H groups in total. The average molecular weight is 117 g/mol. The molecular formula is C6H15NO. The Morgan fingerprint density at radius 1 is 1.75 bits per heavy atom. The average Bonchev–Trinajstić information content (AvgIpc) is 1.94. The van der Waals surface area contributed by atoms with Gasteiger partial charge < -0.3 is 10.1 Å². The molecule has 1 saturated heterocycles. The Balaban J connectivity index is 0.000000640. The summed E-state index contributed by atoms with van der Waals surface area (Å²) in [4.78, 5) is 0. The van der Waals surface area contributed by atoms with Gasteiger partial charge in [-0.25, -0.2) is 0 Å². The highest BCUT2D eigenvalue weighted by Gasteiger charge is 2.03. The summed E-state index contributed by atoms with van der Waals surface area (Å²) in [6.45, 7) is 5.15. The molecular weight excluding hydrogens is 102 g/mol. The SMILES string of the molecule is CC1CNCCCO1.[HH]. The second-order valence-corrected chi connectivity index (χ2v) is 2.24. The first-order valence-corrected chi connectivity index (χ1v) is 3.22. The van der Waals surface area contributed by atoms with Gasteiger partial charge in [0, 0.05) is 14.6 Å². The highest BCUT2D eigenvalue weighted by molar-refractivity contribution is 4.59. The summed E-state index contributed by atoms with van der Waals surface area (Å²) in [6, 6.07) is 0. The highest BCUT2D eigenvalue weighted by Crippen LogP contribution is 1.94. The van der Waals surface area contributed by atoms with E-state index < -0.39 is 0 Å². The van der Waals surface area contributed by atoms with Crippen LogP contribution >= 0.6 is 0 Å². The minimum Gasteiger partial charge on any atom is -0.377 e. The van der Waals surface area contributed by atoms with E-state index in [2.05, 4.69) is 12.2 Å². The Bertz CT molecular complexity index is 62.1. The summed E-state index contributed by atoms with van der Waals surface area (Å²) in [5.41, 5.74) is 0. The Kier molecular flexibility index (Phi) is 2.30. The summed E-state index contributed by atoms with van der Waals surface area (Å²) in [6.07, 6.45) is 1.57. The van der Waals surface area contributed by atoms with Crippen LogP contribution in [0.25, 0.3) is 0 Å². The van der Waals surface area contributed by atoms with Crippen LogP contribution in [0.5, 0.6) is 0 Å². The largest absolute Gasteiger partial charge is 0.377 e.